The number of benzene rings is 1. The standard InChI is InChI=1S/C15H20N2O4/c16-7-12-2-1-3-14(6-12)21-9-13(18)8-17-10-15(19)4-5-20-11-15/h1-3,6,13,17-19H,4-5,8-11H2. The molecule has 1 heterocycles. The molecule has 2 rings (SSSR count). The van der Waals surface area contributed by atoms with Crippen molar-refractivity contribution < 1.29 is 19.7 Å². The van der Waals surface area contributed by atoms with Crippen LogP contribution in [0.15, 0.2) is 24.3 Å². The van der Waals surface area contributed by atoms with Gasteiger partial charge in [-0.3, -0.25) is 0 Å². The summed E-state index contributed by atoms with van der Waals surface area (Å²) < 4.78 is 10.6. The molecule has 0 aromatic heterocycles. The highest BCUT2D eigenvalue weighted by Gasteiger charge is 2.31. The molecule has 0 saturated carbocycles. The van der Waals surface area contributed by atoms with E-state index in [1.54, 1.807) is 24.3 Å². The second-order valence-corrected chi connectivity index (χ2v) is 5.26. The molecule has 0 spiro atoms. The van der Waals surface area contributed by atoms with Crippen molar-refractivity contribution in [1.82, 2.24) is 5.32 Å². The lowest BCUT2D eigenvalue weighted by atomic mass is 10.0. The number of nitrogens with one attached hydrogen (secondary N) is 1. The highest BCUT2D eigenvalue weighted by molar-refractivity contribution is 5.36. The molecule has 21 heavy (non-hydrogen) atoms. The predicted molar refractivity (Wildman–Crippen MR) is 75.9 cm³/mol. The number of hydrogen-bond donors (Lipinski definition) is 3. The second kappa shape index (κ2) is 7.38. The average molecular weight is 292 g/mol. The average Bonchev–Trinajstić information content (AvgIpc) is 2.92. The van der Waals surface area contributed by atoms with Gasteiger partial charge in [0.2, 0.25) is 0 Å². The number of hydrogen-bond acceptors (Lipinski definition) is 6. The van der Waals surface area contributed by atoms with Crippen molar-refractivity contribution >= 4 is 0 Å². The maximum absolute atomic E-state index is 10.0. The number of ether oxygens (including phenoxy) is 2. The van der Waals surface area contributed by atoms with Crippen molar-refractivity contribution in [2.45, 2.75) is 18.1 Å². The zero-order valence-corrected chi connectivity index (χ0v) is 11.8. The summed E-state index contributed by atoms with van der Waals surface area (Å²) in [6.45, 7) is 1.72. The molecule has 1 saturated heterocycles. The Morgan fingerprint density at radius 2 is 2.38 bits per heavy atom. The Balaban J connectivity index is 1.67. The van der Waals surface area contributed by atoms with Crippen LogP contribution < -0.4 is 10.1 Å². The summed E-state index contributed by atoms with van der Waals surface area (Å²) in [6, 6.07) is 8.81. The molecule has 0 radical (unpaired) electrons. The third-order valence-corrected chi connectivity index (χ3v) is 3.32. The monoisotopic (exact) mass is 292 g/mol. The molecule has 1 aromatic carbocycles. The molecule has 1 aliphatic heterocycles. The van der Waals surface area contributed by atoms with Gasteiger partial charge in [0.05, 0.1) is 18.2 Å². The van der Waals surface area contributed by atoms with Crippen LogP contribution in [0.3, 0.4) is 0 Å². The fraction of sp³-hybridized carbons (Fsp3) is 0.533. The Hall–Kier alpha value is -1.65. The predicted octanol–water partition coefficient (Wildman–Crippen LogP) is 0.0390. The summed E-state index contributed by atoms with van der Waals surface area (Å²) in [5.74, 6) is 0.552. The molecule has 6 heteroatoms. The summed E-state index contributed by atoms with van der Waals surface area (Å²) in [5, 5.41) is 31.7. The van der Waals surface area contributed by atoms with Crippen LogP contribution in [0.4, 0.5) is 0 Å². The third kappa shape index (κ3) is 4.99. The van der Waals surface area contributed by atoms with Gasteiger partial charge in [-0.15, -0.1) is 0 Å². The smallest absolute Gasteiger partial charge is 0.120 e. The minimum atomic E-state index is -0.832. The van der Waals surface area contributed by atoms with Gasteiger partial charge >= 0.3 is 0 Å². The van der Waals surface area contributed by atoms with Gasteiger partial charge in [-0.05, 0) is 18.2 Å². The molecule has 3 N–H and O–H groups in total. The molecule has 0 bridgehead atoms. The van der Waals surface area contributed by atoms with Gasteiger partial charge in [0.15, 0.2) is 0 Å². The highest BCUT2D eigenvalue weighted by Crippen LogP contribution is 2.17. The SMILES string of the molecule is N#Cc1cccc(OCC(O)CNCC2(O)CCOC2)c1. The minimum Gasteiger partial charge on any atom is -0.491 e. The molecular weight excluding hydrogens is 272 g/mol. The maximum Gasteiger partial charge on any atom is 0.120 e. The van der Waals surface area contributed by atoms with Crippen LogP contribution in [0, 0.1) is 11.3 Å². The van der Waals surface area contributed by atoms with Crippen LogP contribution in [0.2, 0.25) is 0 Å². The van der Waals surface area contributed by atoms with E-state index < -0.39 is 11.7 Å². The topological polar surface area (TPSA) is 94.7 Å². The van der Waals surface area contributed by atoms with Crippen LogP contribution in [0.5, 0.6) is 5.75 Å². The number of nitrogens with zero attached hydrogens (tertiary/aromatic N) is 1. The maximum atomic E-state index is 10.0. The summed E-state index contributed by atoms with van der Waals surface area (Å²) >= 11 is 0. The van der Waals surface area contributed by atoms with Gasteiger partial charge in [-0.1, -0.05) is 6.07 Å². The first-order valence-corrected chi connectivity index (χ1v) is 6.93. The lowest BCUT2D eigenvalue weighted by Gasteiger charge is -2.22. The highest BCUT2D eigenvalue weighted by atomic mass is 16.5. The molecule has 1 fully saturated rings. The summed E-state index contributed by atoms with van der Waals surface area (Å²) in [4.78, 5) is 0. The Morgan fingerprint density at radius 1 is 1.52 bits per heavy atom. The van der Waals surface area contributed by atoms with Gasteiger partial charge < -0.3 is 25.0 Å². The molecular formula is C15H20N2O4. The second-order valence-electron chi connectivity index (χ2n) is 5.26. The first-order chi connectivity index (χ1) is 10.1. The van der Waals surface area contributed by atoms with Gasteiger partial charge in [-0.2, -0.15) is 5.26 Å². The van der Waals surface area contributed by atoms with Crippen LogP contribution in [0.1, 0.15) is 12.0 Å². The Morgan fingerprint density at radius 3 is 3.10 bits per heavy atom. The molecule has 1 aliphatic rings. The van der Waals surface area contributed by atoms with E-state index in [1.165, 1.54) is 0 Å². The van der Waals surface area contributed by atoms with Crippen LogP contribution in [-0.2, 0) is 4.74 Å². The molecule has 1 aromatic rings. The molecule has 2 unspecified atom stereocenters. The summed E-state index contributed by atoms with van der Waals surface area (Å²) in [6.07, 6.45) is -0.0882. The lowest BCUT2D eigenvalue weighted by Crippen LogP contribution is -2.44. The van der Waals surface area contributed by atoms with E-state index in [4.69, 9.17) is 14.7 Å². The number of aliphatic hydroxyl groups excluding tert-OH is 1. The molecule has 0 amide bonds. The van der Waals surface area contributed by atoms with Crippen molar-refractivity contribution in [1.29, 1.82) is 5.26 Å². The van der Waals surface area contributed by atoms with Crippen molar-refractivity contribution in [2.24, 2.45) is 0 Å². The van der Waals surface area contributed by atoms with Gasteiger partial charge in [-0.25, -0.2) is 0 Å². The molecule has 114 valence electrons. The summed E-state index contributed by atoms with van der Waals surface area (Å²) in [5.41, 5.74) is -0.314. The number of aliphatic hydroxyl groups is 2. The van der Waals surface area contributed by atoms with Gasteiger partial charge in [0.25, 0.3) is 0 Å². The Labute approximate surface area is 123 Å². The van der Waals surface area contributed by atoms with Gasteiger partial charge in [0, 0.05) is 26.1 Å². The molecule has 0 aliphatic carbocycles. The quantitative estimate of drug-likeness (QED) is 0.657. The van der Waals surface area contributed by atoms with E-state index in [9.17, 15) is 10.2 Å². The first kappa shape index (κ1) is 15.7. The van der Waals surface area contributed by atoms with Crippen molar-refractivity contribution in [2.75, 3.05) is 32.9 Å². The molecule has 2 atom stereocenters. The normalized spacial score (nSPS) is 22.7. The van der Waals surface area contributed by atoms with Crippen molar-refractivity contribution in [3.8, 4) is 11.8 Å². The van der Waals surface area contributed by atoms with Crippen molar-refractivity contribution in [3.05, 3.63) is 29.8 Å². The fourth-order valence-corrected chi connectivity index (χ4v) is 2.11. The van der Waals surface area contributed by atoms with Crippen molar-refractivity contribution in [3.63, 3.8) is 0 Å². The van der Waals surface area contributed by atoms with E-state index in [0.717, 1.165) is 0 Å². The summed E-state index contributed by atoms with van der Waals surface area (Å²) in [7, 11) is 0. The minimum absolute atomic E-state index is 0.122. The number of rotatable bonds is 7. The lowest BCUT2D eigenvalue weighted by molar-refractivity contribution is 0.0226. The van der Waals surface area contributed by atoms with E-state index in [-0.39, 0.29) is 6.61 Å². The fourth-order valence-electron chi connectivity index (χ4n) is 2.11. The van der Waals surface area contributed by atoms with Crippen LogP contribution >= 0.6 is 0 Å². The molecule has 6 nitrogen and oxygen atoms in total. The van der Waals surface area contributed by atoms with E-state index in [2.05, 4.69) is 5.32 Å². The largest absolute Gasteiger partial charge is 0.491 e. The Bertz CT molecular complexity index is 495. The van der Waals surface area contributed by atoms with E-state index in [0.29, 0.717) is 44.0 Å². The van der Waals surface area contributed by atoms with E-state index in [1.807, 2.05) is 6.07 Å². The van der Waals surface area contributed by atoms with Crippen LogP contribution in [-0.4, -0.2) is 54.8 Å². The van der Waals surface area contributed by atoms with E-state index >= 15 is 0 Å². The number of nitriles is 1. The van der Waals surface area contributed by atoms with Gasteiger partial charge in [0.1, 0.15) is 24.1 Å². The zero-order chi connectivity index (χ0) is 15.1. The van der Waals surface area contributed by atoms with Crippen LogP contribution in [0.25, 0.3) is 0 Å². The zero-order valence-electron chi connectivity index (χ0n) is 11.8. The third-order valence-electron chi connectivity index (χ3n) is 3.32. The Kier molecular flexibility index (Phi) is 5.53. The first-order valence-electron chi connectivity index (χ1n) is 6.93.